The number of rotatable bonds is 5. The van der Waals surface area contributed by atoms with Crippen molar-refractivity contribution in [1.29, 1.82) is 0 Å². The van der Waals surface area contributed by atoms with E-state index in [1.165, 1.54) is 6.07 Å². The Kier molecular flexibility index (Phi) is 5.94. The van der Waals surface area contributed by atoms with Gasteiger partial charge in [-0.3, -0.25) is 9.59 Å². The summed E-state index contributed by atoms with van der Waals surface area (Å²) in [5.74, 6) is 1.00. The van der Waals surface area contributed by atoms with Gasteiger partial charge in [0.25, 0.3) is 0 Å². The topological polar surface area (TPSA) is 65.8 Å². The number of piperazine rings is 1. The normalized spacial score (nSPS) is 20.2. The predicted octanol–water partition coefficient (Wildman–Crippen LogP) is 2.44. The number of carbonyl (C=O) groups excluding carboxylic acids is 2. The van der Waals surface area contributed by atoms with Crippen molar-refractivity contribution in [3.63, 3.8) is 0 Å². The number of nitrogens with zero attached hydrogens (tertiary/aromatic N) is 2. The van der Waals surface area contributed by atoms with Crippen LogP contribution in [0.4, 0.5) is 4.39 Å². The third kappa shape index (κ3) is 4.50. The molecule has 0 aliphatic carbocycles. The predicted molar refractivity (Wildman–Crippen MR) is 107 cm³/mol. The van der Waals surface area contributed by atoms with Crippen LogP contribution in [0.15, 0.2) is 40.8 Å². The molecule has 1 aromatic heterocycles. The summed E-state index contributed by atoms with van der Waals surface area (Å²) in [5, 5.41) is 3.09. The van der Waals surface area contributed by atoms with Gasteiger partial charge in [0, 0.05) is 45.1 Å². The Hall–Kier alpha value is -2.67. The molecule has 1 unspecified atom stereocenters. The number of furan rings is 1. The van der Waals surface area contributed by atoms with Crippen molar-refractivity contribution in [1.82, 2.24) is 15.1 Å². The summed E-state index contributed by atoms with van der Waals surface area (Å²) in [6, 6.07) is 10.1. The average Bonchev–Trinajstić information content (AvgIpc) is 3.21. The van der Waals surface area contributed by atoms with E-state index in [0.717, 1.165) is 25.9 Å². The molecule has 29 heavy (non-hydrogen) atoms. The van der Waals surface area contributed by atoms with Crippen molar-refractivity contribution >= 4 is 11.8 Å². The van der Waals surface area contributed by atoms with E-state index >= 15 is 0 Å². The van der Waals surface area contributed by atoms with Crippen LogP contribution in [0.1, 0.15) is 25.0 Å². The summed E-state index contributed by atoms with van der Waals surface area (Å²) < 4.78 is 19.7. The molecule has 6 nitrogen and oxygen atoms in total. The van der Waals surface area contributed by atoms with Crippen LogP contribution in [0.25, 0.3) is 11.3 Å². The molecular formula is C22H26FN3O3. The molecule has 0 bridgehead atoms. The second-order valence-electron chi connectivity index (χ2n) is 7.65. The summed E-state index contributed by atoms with van der Waals surface area (Å²) in [5.41, 5.74) is 0.421. The standard InChI is InChI=1S/C22H26FN3O3/c23-19-6-2-1-5-18(19)20-9-7-17(29-20)8-10-21(27)25-12-3-4-16(15-25)26-13-11-24-14-22(26)28/h1-2,5-7,9,16,24H,3-4,8,10-15H2. The second-order valence-corrected chi connectivity index (χ2v) is 7.65. The van der Waals surface area contributed by atoms with E-state index in [9.17, 15) is 14.0 Å². The van der Waals surface area contributed by atoms with Crippen molar-refractivity contribution in [2.45, 2.75) is 31.7 Å². The number of nitrogens with one attached hydrogen (secondary N) is 1. The lowest BCUT2D eigenvalue weighted by atomic mass is 10.0. The maximum Gasteiger partial charge on any atom is 0.236 e. The Morgan fingerprint density at radius 2 is 2.07 bits per heavy atom. The van der Waals surface area contributed by atoms with Crippen molar-refractivity contribution in [2.24, 2.45) is 0 Å². The minimum Gasteiger partial charge on any atom is -0.461 e. The minimum absolute atomic E-state index is 0.0705. The molecule has 1 aromatic carbocycles. The highest BCUT2D eigenvalue weighted by atomic mass is 19.1. The lowest BCUT2D eigenvalue weighted by Gasteiger charge is -2.41. The summed E-state index contributed by atoms with van der Waals surface area (Å²) in [6.45, 7) is 3.22. The maximum atomic E-state index is 13.9. The summed E-state index contributed by atoms with van der Waals surface area (Å²) in [4.78, 5) is 28.7. The van der Waals surface area contributed by atoms with E-state index in [0.29, 0.717) is 49.6 Å². The van der Waals surface area contributed by atoms with Gasteiger partial charge in [-0.2, -0.15) is 0 Å². The molecular weight excluding hydrogens is 373 g/mol. The Morgan fingerprint density at radius 3 is 2.90 bits per heavy atom. The third-order valence-electron chi connectivity index (χ3n) is 5.70. The highest BCUT2D eigenvalue weighted by Gasteiger charge is 2.31. The van der Waals surface area contributed by atoms with E-state index < -0.39 is 0 Å². The van der Waals surface area contributed by atoms with Crippen molar-refractivity contribution in [2.75, 3.05) is 32.7 Å². The van der Waals surface area contributed by atoms with Crippen LogP contribution in [0, 0.1) is 5.82 Å². The molecule has 2 aromatic rings. The maximum absolute atomic E-state index is 13.9. The fourth-order valence-corrected chi connectivity index (χ4v) is 4.15. The van der Waals surface area contributed by atoms with E-state index in [-0.39, 0.29) is 23.7 Å². The molecule has 2 fully saturated rings. The SMILES string of the molecule is O=C(CCc1ccc(-c2ccccc2F)o1)N1CCCC(N2CCNCC2=O)C1. The van der Waals surface area contributed by atoms with Gasteiger partial charge in [0.05, 0.1) is 12.1 Å². The fourth-order valence-electron chi connectivity index (χ4n) is 4.15. The van der Waals surface area contributed by atoms with Crippen molar-refractivity contribution in [3.8, 4) is 11.3 Å². The number of aryl methyl sites for hydroxylation is 1. The fraction of sp³-hybridized carbons (Fsp3) is 0.455. The number of amides is 2. The van der Waals surface area contributed by atoms with Gasteiger partial charge in [-0.1, -0.05) is 12.1 Å². The van der Waals surface area contributed by atoms with Crippen LogP contribution in [0.2, 0.25) is 0 Å². The highest BCUT2D eigenvalue weighted by Crippen LogP contribution is 2.25. The number of carbonyl (C=O) groups is 2. The number of hydrogen-bond donors (Lipinski definition) is 1. The lowest BCUT2D eigenvalue weighted by Crippen LogP contribution is -2.57. The van der Waals surface area contributed by atoms with Crippen molar-refractivity contribution in [3.05, 3.63) is 48.0 Å². The summed E-state index contributed by atoms with van der Waals surface area (Å²) in [7, 11) is 0. The monoisotopic (exact) mass is 399 g/mol. The molecule has 1 N–H and O–H groups in total. The van der Waals surface area contributed by atoms with Gasteiger partial charge in [0.2, 0.25) is 11.8 Å². The zero-order valence-electron chi connectivity index (χ0n) is 16.4. The molecule has 154 valence electrons. The van der Waals surface area contributed by atoms with E-state index in [4.69, 9.17) is 4.42 Å². The number of likely N-dealkylation sites (tertiary alicyclic amines) is 1. The summed E-state index contributed by atoms with van der Waals surface area (Å²) >= 11 is 0. The average molecular weight is 399 g/mol. The first-order valence-corrected chi connectivity index (χ1v) is 10.2. The van der Waals surface area contributed by atoms with E-state index in [2.05, 4.69) is 5.32 Å². The number of piperidine rings is 1. The Labute approximate surface area is 169 Å². The zero-order chi connectivity index (χ0) is 20.2. The second kappa shape index (κ2) is 8.78. The number of benzene rings is 1. The molecule has 3 heterocycles. The van der Waals surface area contributed by atoms with Crippen LogP contribution in [0.5, 0.6) is 0 Å². The zero-order valence-corrected chi connectivity index (χ0v) is 16.4. The van der Waals surface area contributed by atoms with Gasteiger partial charge in [-0.25, -0.2) is 4.39 Å². The molecule has 2 amide bonds. The van der Waals surface area contributed by atoms with Gasteiger partial charge >= 0.3 is 0 Å². The van der Waals surface area contributed by atoms with Crippen molar-refractivity contribution < 1.29 is 18.4 Å². The Balaban J connectivity index is 1.33. The van der Waals surface area contributed by atoms with Crippen LogP contribution in [0.3, 0.4) is 0 Å². The smallest absolute Gasteiger partial charge is 0.236 e. The first-order valence-electron chi connectivity index (χ1n) is 10.2. The van der Waals surface area contributed by atoms with E-state index in [1.54, 1.807) is 30.3 Å². The largest absolute Gasteiger partial charge is 0.461 e. The Bertz CT molecular complexity index is 882. The van der Waals surface area contributed by atoms with Gasteiger partial charge in [0.15, 0.2) is 0 Å². The van der Waals surface area contributed by atoms with E-state index in [1.807, 2.05) is 9.80 Å². The van der Waals surface area contributed by atoms with Crippen LogP contribution in [-0.2, 0) is 16.0 Å². The van der Waals surface area contributed by atoms with Gasteiger partial charge in [-0.05, 0) is 37.1 Å². The van der Waals surface area contributed by atoms with Gasteiger partial charge in [0.1, 0.15) is 17.3 Å². The molecule has 7 heteroatoms. The summed E-state index contributed by atoms with van der Waals surface area (Å²) in [6.07, 6.45) is 2.67. The quantitative estimate of drug-likeness (QED) is 0.839. The third-order valence-corrected chi connectivity index (χ3v) is 5.70. The van der Waals surface area contributed by atoms with Crippen LogP contribution in [-0.4, -0.2) is 60.4 Å². The molecule has 4 rings (SSSR count). The number of hydrogen-bond acceptors (Lipinski definition) is 4. The Morgan fingerprint density at radius 1 is 1.21 bits per heavy atom. The minimum atomic E-state index is -0.328. The highest BCUT2D eigenvalue weighted by molar-refractivity contribution is 5.80. The molecule has 0 saturated carbocycles. The molecule has 0 radical (unpaired) electrons. The molecule has 2 saturated heterocycles. The van der Waals surface area contributed by atoms with Gasteiger partial charge < -0.3 is 19.5 Å². The van der Waals surface area contributed by atoms with Gasteiger partial charge in [-0.15, -0.1) is 0 Å². The first-order chi connectivity index (χ1) is 14.1. The number of halogens is 1. The lowest BCUT2D eigenvalue weighted by molar-refractivity contribution is -0.140. The molecule has 0 spiro atoms. The molecule has 2 aliphatic rings. The molecule has 2 aliphatic heterocycles. The van der Waals surface area contributed by atoms with Crippen LogP contribution < -0.4 is 5.32 Å². The molecule has 1 atom stereocenters. The first kappa shape index (κ1) is 19.6. The van der Waals surface area contributed by atoms with Crippen LogP contribution >= 0.6 is 0 Å².